The molecule has 0 saturated heterocycles. The van der Waals surface area contributed by atoms with E-state index in [2.05, 4.69) is 22.0 Å². The lowest BCUT2D eigenvalue weighted by Gasteiger charge is -2.30. The topological polar surface area (TPSA) is 53.2 Å². The summed E-state index contributed by atoms with van der Waals surface area (Å²) in [6, 6.07) is 7.64. The van der Waals surface area contributed by atoms with E-state index in [4.69, 9.17) is 4.74 Å². The van der Waals surface area contributed by atoms with Gasteiger partial charge >= 0.3 is 0 Å². The fourth-order valence-electron chi connectivity index (χ4n) is 1.76. The third-order valence-corrected chi connectivity index (χ3v) is 3.36. The normalized spacial score (nSPS) is 14.7. The number of halogens is 1. The summed E-state index contributed by atoms with van der Waals surface area (Å²) in [5, 5.41) is 19.7. The predicted octanol–water partition coefficient (Wildman–Crippen LogP) is 3.47. The molecule has 0 heterocycles. The van der Waals surface area contributed by atoms with Crippen molar-refractivity contribution >= 4 is 15.9 Å². The summed E-state index contributed by atoms with van der Waals surface area (Å²) in [6.45, 7) is 5.73. The molecule has 0 saturated carbocycles. The van der Waals surface area contributed by atoms with Gasteiger partial charge in [-0.3, -0.25) is 0 Å². The van der Waals surface area contributed by atoms with Gasteiger partial charge in [0, 0.05) is 10.0 Å². The number of nitrogens with zero attached hydrogens (tertiary/aromatic N) is 1. The molecule has 0 spiro atoms. The molecule has 1 N–H and O–H groups in total. The van der Waals surface area contributed by atoms with Gasteiger partial charge in [0.1, 0.15) is 11.7 Å². The molecule has 1 aromatic rings. The zero-order chi connectivity index (χ0) is 13.9. The number of hydrogen-bond donors (Lipinski definition) is 1. The van der Waals surface area contributed by atoms with E-state index in [1.165, 1.54) is 0 Å². The molecule has 2 unspecified atom stereocenters. The third-order valence-electron chi connectivity index (χ3n) is 2.87. The van der Waals surface area contributed by atoms with E-state index >= 15 is 0 Å². The molecule has 0 bridgehead atoms. The maximum Gasteiger partial charge on any atom is 0.123 e. The molecule has 0 aliphatic rings. The largest absolute Gasteiger partial charge is 0.496 e. The second-order valence-electron chi connectivity index (χ2n) is 5.30. The molecule has 0 aliphatic heterocycles. The first-order chi connectivity index (χ1) is 8.31. The Hall–Kier alpha value is -1.05. The molecule has 0 radical (unpaired) electrons. The Morgan fingerprint density at radius 2 is 2.00 bits per heavy atom. The Bertz CT molecular complexity index is 460. The molecule has 2 atom stereocenters. The van der Waals surface area contributed by atoms with Gasteiger partial charge in [-0.2, -0.15) is 5.26 Å². The Balaban J connectivity index is 3.25. The lowest BCUT2D eigenvalue weighted by atomic mass is 9.79. The van der Waals surface area contributed by atoms with Gasteiger partial charge in [0.05, 0.1) is 19.3 Å². The number of aliphatic hydroxyl groups excluding tert-OH is 1. The summed E-state index contributed by atoms with van der Waals surface area (Å²) in [6.07, 6.45) is -0.759. The molecule has 1 aromatic carbocycles. The van der Waals surface area contributed by atoms with Crippen molar-refractivity contribution in [2.24, 2.45) is 5.41 Å². The van der Waals surface area contributed by atoms with Gasteiger partial charge in [0.25, 0.3) is 0 Å². The fraction of sp³-hybridized carbons (Fsp3) is 0.500. The van der Waals surface area contributed by atoms with E-state index < -0.39 is 12.0 Å². The van der Waals surface area contributed by atoms with Crippen molar-refractivity contribution in [1.29, 1.82) is 5.26 Å². The summed E-state index contributed by atoms with van der Waals surface area (Å²) in [5.41, 5.74) is 0.338. The van der Waals surface area contributed by atoms with Crippen LogP contribution in [-0.4, -0.2) is 18.3 Å². The second kappa shape index (κ2) is 5.73. The fourth-order valence-corrected chi connectivity index (χ4v) is 2.14. The number of aliphatic hydroxyl groups is 1. The molecule has 4 heteroatoms. The molecule has 18 heavy (non-hydrogen) atoms. The van der Waals surface area contributed by atoms with Crippen LogP contribution in [-0.2, 0) is 0 Å². The molecule has 1 rings (SSSR count). The predicted molar refractivity (Wildman–Crippen MR) is 74.5 cm³/mol. The van der Waals surface area contributed by atoms with Crippen LogP contribution >= 0.6 is 15.9 Å². The van der Waals surface area contributed by atoms with Gasteiger partial charge in [-0.15, -0.1) is 0 Å². The van der Waals surface area contributed by atoms with Crippen molar-refractivity contribution in [2.45, 2.75) is 32.8 Å². The first-order valence-electron chi connectivity index (χ1n) is 5.72. The van der Waals surface area contributed by atoms with Gasteiger partial charge in [-0.1, -0.05) is 36.7 Å². The zero-order valence-electron chi connectivity index (χ0n) is 11.1. The SMILES string of the molecule is COc1ccc(Br)cc1C(C#N)C(O)C(C)(C)C. The van der Waals surface area contributed by atoms with Crippen molar-refractivity contribution < 1.29 is 9.84 Å². The maximum atomic E-state index is 10.3. The molecule has 0 aromatic heterocycles. The van der Waals surface area contributed by atoms with Crippen LogP contribution in [0.15, 0.2) is 22.7 Å². The van der Waals surface area contributed by atoms with Gasteiger partial charge in [-0.25, -0.2) is 0 Å². The molecule has 98 valence electrons. The Labute approximate surface area is 117 Å². The van der Waals surface area contributed by atoms with E-state index in [9.17, 15) is 10.4 Å². The van der Waals surface area contributed by atoms with Crippen molar-refractivity contribution in [2.75, 3.05) is 7.11 Å². The molecule has 3 nitrogen and oxygen atoms in total. The van der Waals surface area contributed by atoms with Crippen LogP contribution in [0.2, 0.25) is 0 Å². The first-order valence-corrected chi connectivity index (χ1v) is 6.51. The van der Waals surface area contributed by atoms with E-state index in [-0.39, 0.29) is 5.41 Å². The average Bonchev–Trinajstić information content (AvgIpc) is 2.29. The van der Waals surface area contributed by atoms with Crippen LogP contribution in [0.25, 0.3) is 0 Å². The molecular formula is C14H18BrNO2. The van der Waals surface area contributed by atoms with Crippen LogP contribution in [0.1, 0.15) is 32.3 Å². The first kappa shape index (κ1) is 15.0. The summed E-state index contributed by atoms with van der Waals surface area (Å²) in [5.74, 6) is 0.00509. The van der Waals surface area contributed by atoms with E-state index in [0.717, 1.165) is 4.47 Å². The number of hydrogen-bond acceptors (Lipinski definition) is 3. The van der Waals surface area contributed by atoms with Crippen LogP contribution in [0.3, 0.4) is 0 Å². The van der Waals surface area contributed by atoms with E-state index in [1.54, 1.807) is 13.2 Å². The van der Waals surface area contributed by atoms with Crippen molar-refractivity contribution in [3.63, 3.8) is 0 Å². The Kier molecular flexibility index (Phi) is 4.78. The number of nitriles is 1. The maximum absolute atomic E-state index is 10.3. The monoisotopic (exact) mass is 311 g/mol. The summed E-state index contributed by atoms with van der Waals surface area (Å²) < 4.78 is 6.12. The quantitative estimate of drug-likeness (QED) is 0.930. The van der Waals surface area contributed by atoms with Crippen LogP contribution < -0.4 is 4.74 Å². The number of benzene rings is 1. The smallest absolute Gasteiger partial charge is 0.123 e. The summed E-state index contributed by atoms with van der Waals surface area (Å²) in [7, 11) is 1.56. The summed E-state index contributed by atoms with van der Waals surface area (Å²) >= 11 is 3.38. The highest BCUT2D eigenvalue weighted by atomic mass is 79.9. The van der Waals surface area contributed by atoms with Gasteiger partial charge in [0.2, 0.25) is 0 Å². The Morgan fingerprint density at radius 3 is 2.44 bits per heavy atom. The lowest BCUT2D eigenvalue weighted by Crippen LogP contribution is -2.32. The molecular weight excluding hydrogens is 294 g/mol. The molecule has 0 amide bonds. The highest BCUT2D eigenvalue weighted by Gasteiger charge is 2.33. The lowest BCUT2D eigenvalue weighted by molar-refractivity contribution is 0.0521. The van der Waals surface area contributed by atoms with Gasteiger partial charge in [-0.05, 0) is 23.6 Å². The molecule has 0 fully saturated rings. The average molecular weight is 312 g/mol. The minimum Gasteiger partial charge on any atom is -0.496 e. The molecule has 0 aliphatic carbocycles. The third kappa shape index (κ3) is 3.24. The van der Waals surface area contributed by atoms with E-state index in [0.29, 0.717) is 11.3 Å². The summed E-state index contributed by atoms with van der Waals surface area (Å²) in [4.78, 5) is 0. The zero-order valence-corrected chi connectivity index (χ0v) is 12.7. The van der Waals surface area contributed by atoms with E-state index in [1.807, 2.05) is 32.9 Å². The van der Waals surface area contributed by atoms with Crippen molar-refractivity contribution in [3.8, 4) is 11.8 Å². The van der Waals surface area contributed by atoms with Crippen LogP contribution in [0, 0.1) is 16.7 Å². The highest BCUT2D eigenvalue weighted by molar-refractivity contribution is 9.10. The standard InChI is InChI=1S/C14H18BrNO2/c1-14(2,3)13(17)11(8-16)10-7-9(15)5-6-12(10)18-4/h5-7,11,13,17H,1-4H3. The Morgan fingerprint density at radius 1 is 1.39 bits per heavy atom. The van der Waals surface area contributed by atoms with Gasteiger partial charge in [0.15, 0.2) is 0 Å². The van der Waals surface area contributed by atoms with Crippen LogP contribution in [0.4, 0.5) is 0 Å². The van der Waals surface area contributed by atoms with Crippen LogP contribution in [0.5, 0.6) is 5.75 Å². The van der Waals surface area contributed by atoms with Crippen molar-refractivity contribution in [3.05, 3.63) is 28.2 Å². The van der Waals surface area contributed by atoms with Gasteiger partial charge < -0.3 is 9.84 Å². The second-order valence-corrected chi connectivity index (χ2v) is 6.22. The number of methoxy groups -OCH3 is 1. The highest BCUT2D eigenvalue weighted by Crippen LogP contribution is 2.36. The minimum absolute atomic E-state index is 0.367. The van der Waals surface area contributed by atoms with Crippen molar-refractivity contribution in [1.82, 2.24) is 0 Å². The number of rotatable bonds is 3. The minimum atomic E-state index is -0.759. The number of ether oxygens (including phenoxy) is 1.